The molecule has 0 amide bonds. The predicted octanol–water partition coefficient (Wildman–Crippen LogP) is 4.44. The Morgan fingerprint density at radius 2 is 2.05 bits per heavy atom. The standard InChI is InChI=1S/C17H20BrFN2/c1-3-12-5-7-14(21-11-12)10-17(20-4-2)13-6-8-15(18)16(19)9-13/h5-9,11,17,20H,3-4,10H2,1-2H3. The Labute approximate surface area is 133 Å². The Balaban J connectivity index is 2.19. The number of pyridine rings is 1. The summed E-state index contributed by atoms with van der Waals surface area (Å²) in [5.74, 6) is -0.232. The topological polar surface area (TPSA) is 24.9 Å². The van der Waals surface area contributed by atoms with Gasteiger partial charge in [-0.15, -0.1) is 0 Å². The molecule has 1 atom stereocenters. The molecule has 0 aliphatic rings. The van der Waals surface area contributed by atoms with Gasteiger partial charge in [-0.25, -0.2) is 4.39 Å². The van der Waals surface area contributed by atoms with E-state index in [1.807, 2.05) is 12.3 Å². The highest BCUT2D eigenvalue weighted by Crippen LogP contribution is 2.23. The van der Waals surface area contributed by atoms with E-state index in [2.05, 4.69) is 52.2 Å². The quantitative estimate of drug-likeness (QED) is 0.832. The van der Waals surface area contributed by atoms with Gasteiger partial charge in [0.15, 0.2) is 0 Å². The highest BCUT2D eigenvalue weighted by Gasteiger charge is 2.13. The number of hydrogen-bond donors (Lipinski definition) is 1. The van der Waals surface area contributed by atoms with Crippen LogP contribution in [0.4, 0.5) is 4.39 Å². The fraction of sp³-hybridized carbons (Fsp3) is 0.353. The van der Waals surface area contributed by atoms with Crippen LogP contribution >= 0.6 is 15.9 Å². The first-order chi connectivity index (χ1) is 10.1. The number of likely N-dealkylation sites (N-methyl/N-ethyl adjacent to an activating group) is 1. The Bertz CT molecular complexity index is 584. The molecule has 0 aliphatic heterocycles. The van der Waals surface area contributed by atoms with Gasteiger partial charge in [0.1, 0.15) is 5.82 Å². The van der Waals surface area contributed by atoms with Crippen LogP contribution < -0.4 is 5.32 Å². The van der Waals surface area contributed by atoms with Crippen LogP contribution in [-0.4, -0.2) is 11.5 Å². The molecule has 2 rings (SSSR count). The number of benzene rings is 1. The van der Waals surface area contributed by atoms with E-state index >= 15 is 0 Å². The third-order valence-corrected chi connectivity index (χ3v) is 4.15. The lowest BCUT2D eigenvalue weighted by molar-refractivity contribution is 0.536. The first-order valence-corrected chi connectivity index (χ1v) is 8.05. The molecule has 0 saturated heterocycles. The second-order valence-corrected chi connectivity index (χ2v) is 5.85. The van der Waals surface area contributed by atoms with Gasteiger partial charge in [-0.3, -0.25) is 4.98 Å². The summed E-state index contributed by atoms with van der Waals surface area (Å²) in [5, 5.41) is 3.40. The van der Waals surface area contributed by atoms with E-state index < -0.39 is 0 Å². The summed E-state index contributed by atoms with van der Waals surface area (Å²) in [4.78, 5) is 4.49. The number of aryl methyl sites for hydroxylation is 1. The van der Waals surface area contributed by atoms with Gasteiger partial charge in [-0.2, -0.15) is 0 Å². The zero-order valence-electron chi connectivity index (χ0n) is 12.4. The van der Waals surface area contributed by atoms with Crippen molar-refractivity contribution in [1.82, 2.24) is 10.3 Å². The fourth-order valence-electron chi connectivity index (χ4n) is 2.28. The minimum absolute atomic E-state index is 0.0672. The summed E-state index contributed by atoms with van der Waals surface area (Å²) in [6.07, 6.45) is 3.65. The molecule has 2 nitrogen and oxygen atoms in total. The monoisotopic (exact) mass is 350 g/mol. The molecule has 112 valence electrons. The van der Waals surface area contributed by atoms with Crippen LogP contribution in [0.1, 0.15) is 36.7 Å². The van der Waals surface area contributed by atoms with Crippen molar-refractivity contribution in [3.05, 3.63) is 63.6 Å². The van der Waals surface area contributed by atoms with E-state index in [4.69, 9.17) is 0 Å². The van der Waals surface area contributed by atoms with Crippen molar-refractivity contribution in [1.29, 1.82) is 0 Å². The van der Waals surface area contributed by atoms with Crippen LogP contribution in [0.3, 0.4) is 0 Å². The van der Waals surface area contributed by atoms with Crippen molar-refractivity contribution >= 4 is 15.9 Å². The molecule has 1 N–H and O–H groups in total. The van der Waals surface area contributed by atoms with Crippen molar-refractivity contribution in [2.24, 2.45) is 0 Å². The SMILES string of the molecule is CCNC(Cc1ccc(CC)cn1)c1ccc(Br)c(F)c1. The maximum absolute atomic E-state index is 13.7. The number of aromatic nitrogens is 1. The molecule has 1 aromatic heterocycles. The Morgan fingerprint density at radius 3 is 2.62 bits per heavy atom. The molecule has 0 spiro atoms. The van der Waals surface area contributed by atoms with Crippen LogP contribution in [0, 0.1) is 5.82 Å². The molecule has 1 unspecified atom stereocenters. The molecule has 2 aromatic rings. The summed E-state index contributed by atoms with van der Waals surface area (Å²) < 4.78 is 14.2. The van der Waals surface area contributed by atoms with Gasteiger partial charge in [0.2, 0.25) is 0 Å². The first kappa shape index (κ1) is 16.1. The third-order valence-electron chi connectivity index (χ3n) is 3.50. The first-order valence-electron chi connectivity index (χ1n) is 7.26. The second kappa shape index (κ2) is 7.66. The van der Waals surface area contributed by atoms with E-state index in [9.17, 15) is 4.39 Å². The van der Waals surface area contributed by atoms with Gasteiger partial charge in [-0.05, 0) is 58.2 Å². The van der Waals surface area contributed by atoms with Gasteiger partial charge in [-0.1, -0.05) is 26.0 Å². The largest absolute Gasteiger partial charge is 0.310 e. The number of nitrogens with zero attached hydrogens (tertiary/aromatic N) is 1. The normalized spacial score (nSPS) is 12.4. The minimum Gasteiger partial charge on any atom is -0.310 e. The molecule has 1 aromatic carbocycles. The summed E-state index contributed by atoms with van der Waals surface area (Å²) in [6, 6.07) is 9.50. The van der Waals surface area contributed by atoms with E-state index in [1.165, 1.54) is 5.56 Å². The summed E-state index contributed by atoms with van der Waals surface area (Å²) in [5.41, 5.74) is 3.19. The van der Waals surface area contributed by atoms with Crippen LogP contribution in [0.25, 0.3) is 0 Å². The lowest BCUT2D eigenvalue weighted by Crippen LogP contribution is -2.23. The van der Waals surface area contributed by atoms with Crippen molar-refractivity contribution < 1.29 is 4.39 Å². The van der Waals surface area contributed by atoms with Gasteiger partial charge < -0.3 is 5.32 Å². The Hall–Kier alpha value is -1.26. The molecule has 0 radical (unpaired) electrons. The van der Waals surface area contributed by atoms with Gasteiger partial charge in [0.25, 0.3) is 0 Å². The Kier molecular flexibility index (Phi) is 5.88. The maximum Gasteiger partial charge on any atom is 0.137 e. The summed E-state index contributed by atoms with van der Waals surface area (Å²) in [6.45, 7) is 4.99. The van der Waals surface area contributed by atoms with Crippen LogP contribution in [0.2, 0.25) is 0 Å². The summed E-state index contributed by atoms with van der Waals surface area (Å²) in [7, 11) is 0. The molecule has 0 fully saturated rings. The fourth-order valence-corrected chi connectivity index (χ4v) is 2.52. The summed E-state index contributed by atoms with van der Waals surface area (Å²) >= 11 is 3.19. The minimum atomic E-state index is -0.232. The number of rotatable bonds is 6. The van der Waals surface area contributed by atoms with Crippen molar-refractivity contribution in [2.45, 2.75) is 32.7 Å². The highest BCUT2D eigenvalue weighted by molar-refractivity contribution is 9.10. The van der Waals surface area contributed by atoms with Crippen LogP contribution in [-0.2, 0) is 12.8 Å². The molecule has 21 heavy (non-hydrogen) atoms. The number of nitrogens with one attached hydrogen (secondary N) is 1. The average molecular weight is 351 g/mol. The zero-order chi connectivity index (χ0) is 15.2. The van der Waals surface area contributed by atoms with E-state index in [0.29, 0.717) is 4.47 Å². The van der Waals surface area contributed by atoms with Gasteiger partial charge >= 0.3 is 0 Å². The molecule has 0 saturated carbocycles. The van der Waals surface area contributed by atoms with Gasteiger partial charge in [0.05, 0.1) is 4.47 Å². The number of hydrogen-bond acceptors (Lipinski definition) is 2. The molecular weight excluding hydrogens is 331 g/mol. The Morgan fingerprint density at radius 1 is 1.24 bits per heavy atom. The number of halogens is 2. The molecule has 4 heteroatoms. The average Bonchev–Trinajstić information content (AvgIpc) is 2.50. The van der Waals surface area contributed by atoms with Crippen molar-refractivity contribution in [3.63, 3.8) is 0 Å². The molecule has 0 bridgehead atoms. The van der Waals surface area contributed by atoms with Crippen molar-refractivity contribution in [3.8, 4) is 0 Å². The van der Waals surface area contributed by atoms with Gasteiger partial charge in [0, 0.05) is 24.4 Å². The maximum atomic E-state index is 13.7. The predicted molar refractivity (Wildman–Crippen MR) is 87.8 cm³/mol. The third kappa shape index (κ3) is 4.35. The lowest BCUT2D eigenvalue weighted by Gasteiger charge is -2.18. The van der Waals surface area contributed by atoms with E-state index in [0.717, 1.165) is 30.6 Å². The van der Waals surface area contributed by atoms with E-state index in [-0.39, 0.29) is 11.9 Å². The van der Waals surface area contributed by atoms with Crippen molar-refractivity contribution in [2.75, 3.05) is 6.54 Å². The second-order valence-electron chi connectivity index (χ2n) is 5.00. The molecule has 0 aliphatic carbocycles. The highest BCUT2D eigenvalue weighted by atomic mass is 79.9. The molecule has 1 heterocycles. The van der Waals surface area contributed by atoms with E-state index in [1.54, 1.807) is 12.1 Å². The smallest absolute Gasteiger partial charge is 0.137 e. The lowest BCUT2D eigenvalue weighted by atomic mass is 10.0. The van der Waals surface area contributed by atoms with Crippen LogP contribution in [0.15, 0.2) is 41.0 Å². The molecular formula is C17H20BrFN2. The zero-order valence-corrected chi connectivity index (χ0v) is 14.0. The van der Waals surface area contributed by atoms with Crippen LogP contribution in [0.5, 0.6) is 0 Å².